The molecule has 4 aromatic rings. The number of nitrogens with zero attached hydrogens (tertiary/aromatic N) is 4. The van der Waals surface area contributed by atoms with Gasteiger partial charge in [0.05, 0.1) is 23.3 Å². The number of carbonyl (C=O) groups is 1. The van der Waals surface area contributed by atoms with Crippen LogP contribution < -0.4 is 5.32 Å². The van der Waals surface area contributed by atoms with Crippen molar-refractivity contribution in [3.05, 3.63) is 71.2 Å². The predicted octanol–water partition coefficient (Wildman–Crippen LogP) is 3.75. The van der Waals surface area contributed by atoms with Crippen LogP contribution in [0.25, 0.3) is 11.0 Å². The Morgan fingerprint density at radius 3 is 2.64 bits per heavy atom. The quantitative estimate of drug-likeness (QED) is 0.609. The fourth-order valence-corrected chi connectivity index (χ4v) is 3.25. The fourth-order valence-electron chi connectivity index (χ4n) is 2.84. The summed E-state index contributed by atoms with van der Waals surface area (Å²) in [5.74, 6) is 0.253. The second-order valence-corrected chi connectivity index (χ2v) is 6.40. The average Bonchev–Trinajstić information content (AvgIpc) is 3.29. The Kier molecular flexibility index (Phi) is 3.99. The zero-order chi connectivity index (χ0) is 17.2. The highest BCUT2D eigenvalue weighted by atomic mass is 32.1. The van der Waals surface area contributed by atoms with Crippen molar-refractivity contribution in [1.29, 1.82) is 0 Å². The molecule has 0 saturated carbocycles. The van der Waals surface area contributed by atoms with E-state index in [9.17, 15) is 4.79 Å². The molecule has 0 aliphatic rings. The number of fused-ring (bicyclic) bond motifs is 1. The van der Waals surface area contributed by atoms with Gasteiger partial charge in [-0.25, -0.2) is 4.98 Å². The second kappa shape index (κ2) is 6.45. The molecule has 0 fully saturated rings. The third kappa shape index (κ3) is 2.89. The predicted molar refractivity (Wildman–Crippen MR) is 97.9 cm³/mol. The first-order chi connectivity index (χ1) is 12.2. The van der Waals surface area contributed by atoms with Crippen LogP contribution in [0.1, 0.15) is 28.2 Å². The van der Waals surface area contributed by atoms with Crippen molar-refractivity contribution in [3.63, 3.8) is 0 Å². The summed E-state index contributed by atoms with van der Waals surface area (Å²) in [6.45, 7) is 2.09. The van der Waals surface area contributed by atoms with Gasteiger partial charge in [-0.2, -0.15) is 0 Å². The number of hydrogen-bond acceptors (Lipinski definition) is 5. The zero-order valence-electron chi connectivity index (χ0n) is 13.5. The summed E-state index contributed by atoms with van der Waals surface area (Å²) < 4.78 is 5.78. The SMILES string of the molecule is C[C@H](c1ccccc1)n1c(NC(=O)c2cnns2)nc2ccccc21. The van der Waals surface area contributed by atoms with E-state index in [1.54, 1.807) is 0 Å². The molecule has 0 spiro atoms. The Balaban J connectivity index is 1.80. The minimum atomic E-state index is -0.258. The van der Waals surface area contributed by atoms with Crippen molar-refractivity contribution in [2.24, 2.45) is 0 Å². The van der Waals surface area contributed by atoms with Gasteiger partial charge in [0.2, 0.25) is 5.95 Å². The lowest BCUT2D eigenvalue weighted by molar-refractivity contribution is 0.102. The Hall–Kier alpha value is -3.06. The van der Waals surface area contributed by atoms with Crippen LogP contribution >= 0.6 is 11.5 Å². The van der Waals surface area contributed by atoms with Gasteiger partial charge in [0.1, 0.15) is 4.88 Å². The van der Waals surface area contributed by atoms with E-state index in [1.807, 2.05) is 47.0 Å². The minimum Gasteiger partial charge on any atom is -0.303 e. The largest absolute Gasteiger partial charge is 0.303 e. The smallest absolute Gasteiger partial charge is 0.271 e. The van der Waals surface area contributed by atoms with E-state index in [0.717, 1.165) is 28.1 Å². The highest BCUT2D eigenvalue weighted by molar-refractivity contribution is 7.07. The molecule has 25 heavy (non-hydrogen) atoms. The van der Waals surface area contributed by atoms with E-state index < -0.39 is 0 Å². The van der Waals surface area contributed by atoms with Crippen LogP contribution in [0.2, 0.25) is 0 Å². The zero-order valence-corrected chi connectivity index (χ0v) is 14.3. The summed E-state index contributed by atoms with van der Waals surface area (Å²) in [5.41, 5.74) is 2.94. The first-order valence-corrected chi connectivity index (χ1v) is 8.62. The molecule has 2 heterocycles. The maximum Gasteiger partial charge on any atom is 0.271 e. The van der Waals surface area contributed by atoms with Gasteiger partial charge in [0, 0.05) is 0 Å². The van der Waals surface area contributed by atoms with Gasteiger partial charge >= 0.3 is 0 Å². The molecule has 0 aliphatic carbocycles. The lowest BCUT2D eigenvalue weighted by Crippen LogP contribution is -2.17. The van der Waals surface area contributed by atoms with Crippen molar-refractivity contribution in [2.45, 2.75) is 13.0 Å². The molecule has 124 valence electrons. The second-order valence-electron chi connectivity index (χ2n) is 5.62. The van der Waals surface area contributed by atoms with E-state index in [1.165, 1.54) is 6.20 Å². The number of aromatic nitrogens is 4. The molecule has 0 unspecified atom stereocenters. The van der Waals surface area contributed by atoms with Gasteiger partial charge in [-0.15, -0.1) is 5.10 Å². The summed E-state index contributed by atoms with van der Waals surface area (Å²) in [5, 5.41) is 6.61. The van der Waals surface area contributed by atoms with Gasteiger partial charge in [-0.1, -0.05) is 47.0 Å². The van der Waals surface area contributed by atoms with Crippen molar-refractivity contribution in [3.8, 4) is 0 Å². The minimum absolute atomic E-state index is 0.0171. The molecule has 1 atom stereocenters. The Bertz CT molecular complexity index is 1010. The Morgan fingerprint density at radius 2 is 1.88 bits per heavy atom. The molecule has 1 amide bonds. The van der Waals surface area contributed by atoms with Crippen LogP contribution in [0.4, 0.5) is 5.95 Å². The number of carbonyl (C=O) groups excluding carboxylic acids is 1. The number of imidazole rings is 1. The van der Waals surface area contributed by atoms with Gasteiger partial charge < -0.3 is 4.57 Å². The number of hydrogen-bond donors (Lipinski definition) is 1. The molecule has 0 saturated heterocycles. The molecule has 2 aromatic carbocycles. The summed E-state index contributed by atoms with van der Waals surface area (Å²) in [4.78, 5) is 17.5. The fraction of sp³-hybridized carbons (Fsp3) is 0.111. The number of rotatable bonds is 4. The van der Waals surface area contributed by atoms with E-state index in [0.29, 0.717) is 10.8 Å². The van der Waals surface area contributed by atoms with E-state index in [-0.39, 0.29) is 11.9 Å². The van der Waals surface area contributed by atoms with Crippen LogP contribution in [0.15, 0.2) is 60.8 Å². The Morgan fingerprint density at radius 1 is 1.12 bits per heavy atom. The van der Waals surface area contributed by atoms with Crippen molar-refractivity contribution in [2.75, 3.05) is 5.32 Å². The molecule has 0 aliphatic heterocycles. The standard InChI is InChI=1S/C18H15N5OS/c1-12(13-7-3-2-4-8-13)23-15-10-6-5-9-14(15)20-18(23)21-17(24)16-11-19-22-25-16/h2-12H,1H3,(H,20,21,24)/t12-/m1/s1. The summed E-state index contributed by atoms with van der Waals surface area (Å²) >= 11 is 1.06. The van der Waals surface area contributed by atoms with Crippen LogP contribution in [-0.2, 0) is 0 Å². The normalized spacial score (nSPS) is 12.2. The van der Waals surface area contributed by atoms with Crippen molar-refractivity contribution < 1.29 is 4.79 Å². The van der Waals surface area contributed by atoms with E-state index in [4.69, 9.17) is 0 Å². The third-order valence-electron chi connectivity index (χ3n) is 4.08. The molecular formula is C18H15N5OS. The van der Waals surface area contributed by atoms with Crippen molar-refractivity contribution >= 4 is 34.4 Å². The van der Waals surface area contributed by atoms with Crippen LogP contribution in [0.5, 0.6) is 0 Å². The molecule has 2 aromatic heterocycles. The molecule has 1 N–H and O–H groups in total. The number of nitrogens with one attached hydrogen (secondary N) is 1. The maximum atomic E-state index is 12.4. The van der Waals surface area contributed by atoms with E-state index >= 15 is 0 Å². The number of anilines is 1. The molecule has 7 heteroatoms. The third-order valence-corrected chi connectivity index (χ3v) is 4.74. The lowest BCUT2D eigenvalue weighted by Gasteiger charge is -2.18. The average molecular weight is 349 g/mol. The molecular weight excluding hydrogens is 334 g/mol. The molecule has 0 bridgehead atoms. The van der Waals surface area contributed by atoms with Gasteiger partial charge in [-0.3, -0.25) is 10.1 Å². The van der Waals surface area contributed by atoms with Crippen LogP contribution in [0, 0.1) is 0 Å². The molecule has 0 radical (unpaired) electrons. The first-order valence-electron chi connectivity index (χ1n) is 7.84. The van der Waals surface area contributed by atoms with Gasteiger partial charge in [0.25, 0.3) is 5.91 Å². The van der Waals surface area contributed by atoms with Crippen LogP contribution in [0.3, 0.4) is 0 Å². The monoisotopic (exact) mass is 349 g/mol. The van der Waals surface area contributed by atoms with Gasteiger partial charge in [0.15, 0.2) is 0 Å². The number of para-hydroxylation sites is 2. The number of benzene rings is 2. The highest BCUT2D eigenvalue weighted by Gasteiger charge is 2.20. The number of amides is 1. The maximum absolute atomic E-state index is 12.4. The molecule has 4 rings (SSSR count). The Labute approximate surface area is 148 Å². The summed E-state index contributed by atoms with van der Waals surface area (Å²) in [7, 11) is 0. The topological polar surface area (TPSA) is 72.7 Å². The van der Waals surface area contributed by atoms with E-state index in [2.05, 4.69) is 38.9 Å². The van der Waals surface area contributed by atoms with Gasteiger partial charge in [-0.05, 0) is 36.2 Å². The first kappa shape index (κ1) is 15.5. The lowest BCUT2D eigenvalue weighted by atomic mass is 10.1. The van der Waals surface area contributed by atoms with Crippen LogP contribution in [-0.4, -0.2) is 25.0 Å². The molecule has 6 nitrogen and oxygen atoms in total. The summed E-state index contributed by atoms with van der Waals surface area (Å²) in [6, 6.07) is 18.0. The summed E-state index contributed by atoms with van der Waals surface area (Å²) in [6.07, 6.45) is 1.45. The highest BCUT2D eigenvalue weighted by Crippen LogP contribution is 2.28. The van der Waals surface area contributed by atoms with Crippen molar-refractivity contribution in [1.82, 2.24) is 19.1 Å².